The summed E-state index contributed by atoms with van der Waals surface area (Å²) in [5, 5.41) is 2.05. The van der Waals surface area contributed by atoms with Gasteiger partial charge in [-0.1, -0.05) is 36.2 Å². The van der Waals surface area contributed by atoms with E-state index in [1.807, 2.05) is 0 Å². The Morgan fingerprint density at radius 1 is 1.33 bits per heavy atom. The van der Waals surface area contributed by atoms with E-state index in [1.54, 1.807) is 0 Å². The summed E-state index contributed by atoms with van der Waals surface area (Å²) in [6.45, 7) is 6.40. The van der Waals surface area contributed by atoms with E-state index in [1.165, 1.54) is 24.4 Å². The maximum atomic E-state index is 4.51. The second-order valence-corrected chi connectivity index (χ2v) is 4.90. The number of unbranched alkanes of at least 4 members (excludes halogenated alkanes) is 1. The van der Waals surface area contributed by atoms with Crippen LogP contribution in [0, 0.1) is 0 Å². The molecule has 5 heteroatoms. The van der Waals surface area contributed by atoms with Crippen molar-refractivity contribution in [2.75, 3.05) is 23.3 Å². The molecular formula is C10H18BrN3S. The van der Waals surface area contributed by atoms with E-state index in [4.69, 9.17) is 0 Å². The van der Waals surface area contributed by atoms with Gasteiger partial charge in [0.2, 0.25) is 5.13 Å². The quantitative estimate of drug-likeness (QED) is 0.723. The average molecular weight is 292 g/mol. The Morgan fingerprint density at radius 3 is 2.67 bits per heavy atom. The fourth-order valence-electron chi connectivity index (χ4n) is 1.27. The van der Waals surface area contributed by atoms with Crippen molar-refractivity contribution in [1.29, 1.82) is 0 Å². The standard InChI is InChI=1S/C10H18BrN3S/c1-3-5-7-14(8-6-11)10-12-9(4-2)13-15-10/h3-8H2,1-2H3. The molecule has 0 aliphatic rings. The minimum absolute atomic E-state index is 0.923. The third-order valence-electron chi connectivity index (χ3n) is 2.18. The van der Waals surface area contributed by atoms with Gasteiger partial charge in [0.25, 0.3) is 0 Å². The highest BCUT2D eigenvalue weighted by atomic mass is 79.9. The smallest absolute Gasteiger partial charge is 0.205 e. The topological polar surface area (TPSA) is 29.0 Å². The third-order valence-corrected chi connectivity index (χ3v) is 3.35. The molecule has 0 spiro atoms. The van der Waals surface area contributed by atoms with Crippen molar-refractivity contribution < 1.29 is 0 Å². The van der Waals surface area contributed by atoms with E-state index in [0.717, 1.165) is 35.8 Å². The summed E-state index contributed by atoms with van der Waals surface area (Å²) in [6, 6.07) is 0. The van der Waals surface area contributed by atoms with Gasteiger partial charge in [0.05, 0.1) is 0 Å². The number of rotatable bonds is 7. The molecular weight excluding hydrogens is 274 g/mol. The molecule has 0 saturated heterocycles. The molecule has 0 fully saturated rings. The van der Waals surface area contributed by atoms with Gasteiger partial charge in [0, 0.05) is 36.4 Å². The molecule has 0 atom stereocenters. The molecule has 1 aromatic rings. The predicted molar refractivity (Wildman–Crippen MR) is 70.2 cm³/mol. The van der Waals surface area contributed by atoms with Gasteiger partial charge in [0.15, 0.2) is 0 Å². The van der Waals surface area contributed by atoms with Gasteiger partial charge in [-0.05, 0) is 6.42 Å². The first kappa shape index (κ1) is 12.9. The fraction of sp³-hybridized carbons (Fsp3) is 0.800. The molecule has 0 bridgehead atoms. The SMILES string of the molecule is CCCCN(CCBr)c1nc(CC)ns1. The Kier molecular flexibility index (Phi) is 6.17. The van der Waals surface area contributed by atoms with Crippen molar-refractivity contribution in [3.63, 3.8) is 0 Å². The molecule has 1 aromatic heterocycles. The molecule has 0 amide bonds. The number of nitrogens with zero attached hydrogens (tertiary/aromatic N) is 3. The summed E-state index contributed by atoms with van der Waals surface area (Å²) in [7, 11) is 0. The zero-order valence-corrected chi connectivity index (χ0v) is 11.8. The maximum Gasteiger partial charge on any atom is 0.205 e. The highest BCUT2D eigenvalue weighted by molar-refractivity contribution is 9.09. The van der Waals surface area contributed by atoms with Crippen molar-refractivity contribution >= 4 is 32.6 Å². The molecule has 1 heterocycles. The van der Waals surface area contributed by atoms with Gasteiger partial charge in [-0.15, -0.1) is 0 Å². The largest absolute Gasteiger partial charge is 0.346 e. The molecule has 15 heavy (non-hydrogen) atoms. The van der Waals surface area contributed by atoms with E-state index < -0.39 is 0 Å². The van der Waals surface area contributed by atoms with Crippen molar-refractivity contribution in [2.45, 2.75) is 33.1 Å². The number of aromatic nitrogens is 2. The minimum atomic E-state index is 0.923. The van der Waals surface area contributed by atoms with Crippen LogP contribution in [0.3, 0.4) is 0 Å². The van der Waals surface area contributed by atoms with E-state index in [0.29, 0.717) is 0 Å². The van der Waals surface area contributed by atoms with Gasteiger partial charge in [0.1, 0.15) is 5.82 Å². The normalized spacial score (nSPS) is 10.6. The minimum Gasteiger partial charge on any atom is -0.346 e. The number of aryl methyl sites for hydroxylation is 1. The summed E-state index contributed by atoms with van der Waals surface area (Å²) >= 11 is 4.99. The Bertz CT molecular complexity index is 277. The summed E-state index contributed by atoms with van der Waals surface area (Å²) in [5.41, 5.74) is 0. The van der Waals surface area contributed by atoms with E-state index in [9.17, 15) is 0 Å². The average Bonchev–Trinajstić information content (AvgIpc) is 2.72. The Hall–Kier alpha value is -0.160. The number of anilines is 1. The van der Waals surface area contributed by atoms with Gasteiger partial charge in [-0.3, -0.25) is 0 Å². The van der Waals surface area contributed by atoms with Crippen LogP contribution in [0.25, 0.3) is 0 Å². The molecule has 0 aliphatic carbocycles. The number of alkyl halides is 1. The van der Waals surface area contributed by atoms with Crippen molar-refractivity contribution in [3.05, 3.63) is 5.82 Å². The number of hydrogen-bond acceptors (Lipinski definition) is 4. The van der Waals surface area contributed by atoms with Crippen molar-refractivity contribution in [1.82, 2.24) is 9.36 Å². The lowest BCUT2D eigenvalue weighted by atomic mass is 10.3. The lowest BCUT2D eigenvalue weighted by Crippen LogP contribution is -2.26. The molecule has 0 saturated carbocycles. The summed E-state index contributed by atoms with van der Waals surface area (Å²) in [5.74, 6) is 0.964. The Labute approximate surface area is 104 Å². The maximum absolute atomic E-state index is 4.51. The van der Waals surface area contributed by atoms with Crippen LogP contribution in [0.15, 0.2) is 0 Å². The van der Waals surface area contributed by atoms with E-state index in [-0.39, 0.29) is 0 Å². The summed E-state index contributed by atoms with van der Waals surface area (Å²) in [6.07, 6.45) is 3.36. The second kappa shape index (κ2) is 7.17. The van der Waals surface area contributed by atoms with Crippen LogP contribution in [0.2, 0.25) is 0 Å². The van der Waals surface area contributed by atoms with E-state index in [2.05, 4.69) is 44.0 Å². The van der Waals surface area contributed by atoms with Gasteiger partial charge in [-0.25, -0.2) is 4.98 Å². The van der Waals surface area contributed by atoms with Crippen molar-refractivity contribution in [2.24, 2.45) is 0 Å². The second-order valence-electron chi connectivity index (χ2n) is 3.38. The lowest BCUT2D eigenvalue weighted by Gasteiger charge is -2.19. The predicted octanol–water partition coefficient (Wildman–Crippen LogP) is 3.10. The highest BCUT2D eigenvalue weighted by Gasteiger charge is 2.10. The summed E-state index contributed by atoms with van der Waals surface area (Å²) < 4.78 is 4.32. The molecule has 86 valence electrons. The molecule has 0 N–H and O–H groups in total. The van der Waals surface area contributed by atoms with Gasteiger partial charge < -0.3 is 4.90 Å². The van der Waals surface area contributed by atoms with Crippen molar-refractivity contribution in [3.8, 4) is 0 Å². The zero-order valence-electron chi connectivity index (χ0n) is 9.37. The number of halogens is 1. The van der Waals surface area contributed by atoms with Crippen LogP contribution in [-0.2, 0) is 6.42 Å². The number of hydrogen-bond donors (Lipinski definition) is 0. The van der Waals surface area contributed by atoms with Crippen LogP contribution >= 0.6 is 27.5 Å². The molecule has 3 nitrogen and oxygen atoms in total. The Balaban J connectivity index is 2.60. The first-order valence-corrected chi connectivity index (χ1v) is 7.34. The first-order valence-electron chi connectivity index (χ1n) is 5.45. The zero-order chi connectivity index (χ0) is 11.1. The van der Waals surface area contributed by atoms with Crippen LogP contribution in [-0.4, -0.2) is 27.8 Å². The lowest BCUT2D eigenvalue weighted by molar-refractivity contribution is 0.732. The molecule has 0 radical (unpaired) electrons. The highest BCUT2D eigenvalue weighted by Crippen LogP contribution is 2.18. The van der Waals surface area contributed by atoms with Crippen LogP contribution < -0.4 is 4.90 Å². The first-order chi connectivity index (χ1) is 7.31. The molecule has 1 rings (SSSR count). The Morgan fingerprint density at radius 2 is 2.13 bits per heavy atom. The molecule has 0 unspecified atom stereocenters. The van der Waals surface area contributed by atoms with E-state index >= 15 is 0 Å². The van der Waals surface area contributed by atoms with Crippen LogP contribution in [0.5, 0.6) is 0 Å². The van der Waals surface area contributed by atoms with Crippen LogP contribution in [0.4, 0.5) is 5.13 Å². The summed E-state index contributed by atoms with van der Waals surface area (Å²) in [4.78, 5) is 6.83. The fourth-order valence-corrected chi connectivity index (χ4v) is 2.50. The van der Waals surface area contributed by atoms with Gasteiger partial charge >= 0.3 is 0 Å². The molecule has 0 aromatic carbocycles. The van der Waals surface area contributed by atoms with Crippen LogP contribution in [0.1, 0.15) is 32.5 Å². The third kappa shape index (κ3) is 4.07. The molecule has 0 aliphatic heterocycles. The monoisotopic (exact) mass is 291 g/mol. The van der Waals surface area contributed by atoms with Gasteiger partial charge in [-0.2, -0.15) is 4.37 Å².